The molecule has 2 rings (SSSR count). The van der Waals surface area contributed by atoms with Crippen molar-refractivity contribution in [1.29, 1.82) is 0 Å². The van der Waals surface area contributed by atoms with E-state index in [1.165, 1.54) is 19.1 Å². The summed E-state index contributed by atoms with van der Waals surface area (Å²) in [4.78, 5) is 26.8. The van der Waals surface area contributed by atoms with Crippen LogP contribution in [0.1, 0.15) is 23.7 Å². The summed E-state index contributed by atoms with van der Waals surface area (Å²) < 4.78 is 14.0. The number of hydrogen-bond donors (Lipinski definition) is 0. The first-order valence-corrected chi connectivity index (χ1v) is 6.29. The third-order valence-electron chi connectivity index (χ3n) is 3.36. The number of Topliss-reactive ketones (excluding diaryl/α,β-unsaturated/α-hetero) is 1. The summed E-state index contributed by atoms with van der Waals surface area (Å²) in [5.41, 5.74) is 0.580. The monoisotopic (exact) mass is 264 g/mol. The number of para-hydroxylation sites is 1. The largest absolute Gasteiger partial charge is 0.359 e. The van der Waals surface area contributed by atoms with Gasteiger partial charge in [-0.2, -0.15) is 0 Å². The van der Waals surface area contributed by atoms with Gasteiger partial charge in [-0.15, -0.1) is 0 Å². The molecule has 1 heterocycles. The van der Waals surface area contributed by atoms with Crippen LogP contribution >= 0.6 is 0 Å². The first-order valence-electron chi connectivity index (χ1n) is 6.29. The van der Waals surface area contributed by atoms with Crippen LogP contribution in [-0.4, -0.2) is 43.3 Å². The molecule has 5 heteroatoms. The van der Waals surface area contributed by atoms with E-state index in [0.717, 1.165) is 6.42 Å². The molecule has 0 spiro atoms. The average molecular weight is 264 g/mol. The Bertz CT molecular complexity index is 516. The molecule has 1 aromatic carbocycles. The van der Waals surface area contributed by atoms with Crippen molar-refractivity contribution in [2.24, 2.45) is 0 Å². The second-order valence-electron chi connectivity index (χ2n) is 4.78. The minimum atomic E-state index is -0.454. The maximum Gasteiger partial charge on any atom is 0.241 e. The Morgan fingerprint density at radius 3 is 2.74 bits per heavy atom. The number of hydrogen-bond acceptors (Lipinski definition) is 3. The maximum absolute atomic E-state index is 14.0. The van der Waals surface area contributed by atoms with Crippen molar-refractivity contribution in [3.05, 3.63) is 29.6 Å². The van der Waals surface area contributed by atoms with Gasteiger partial charge in [0, 0.05) is 25.7 Å². The Balaban J connectivity index is 2.40. The Kier molecular flexibility index (Phi) is 3.83. The normalized spacial score (nSPS) is 16.5. The number of anilines is 1. The van der Waals surface area contributed by atoms with Gasteiger partial charge in [-0.1, -0.05) is 6.07 Å². The van der Waals surface area contributed by atoms with Crippen molar-refractivity contribution in [2.45, 2.75) is 13.3 Å². The smallest absolute Gasteiger partial charge is 0.241 e. The number of ketones is 1. The molecule has 0 aliphatic carbocycles. The van der Waals surface area contributed by atoms with Crippen LogP contribution in [-0.2, 0) is 4.79 Å². The highest BCUT2D eigenvalue weighted by molar-refractivity contribution is 6.00. The number of benzene rings is 1. The fraction of sp³-hybridized carbons (Fsp3) is 0.429. The minimum Gasteiger partial charge on any atom is -0.359 e. The van der Waals surface area contributed by atoms with Gasteiger partial charge in [0.25, 0.3) is 0 Å². The molecule has 0 bridgehead atoms. The quantitative estimate of drug-likeness (QED) is 0.763. The van der Waals surface area contributed by atoms with Gasteiger partial charge < -0.3 is 9.80 Å². The number of halogens is 1. The zero-order valence-electron chi connectivity index (χ0n) is 11.1. The lowest BCUT2D eigenvalue weighted by Crippen LogP contribution is -2.35. The molecule has 102 valence electrons. The lowest BCUT2D eigenvalue weighted by Gasteiger charge is -2.24. The number of carbonyl (C=O) groups excluding carboxylic acids is 2. The van der Waals surface area contributed by atoms with E-state index in [9.17, 15) is 14.0 Å². The highest BCUT2D eigenvalue weighted by atomic mass is 19.1. The standard InChI is InChI=1S/C14H17FN2O2/c1-10(18)11-5-3-6-12(15)14(11)17-8-4-7-16(2)13(19)9-17/h3,5-6H,4,7-9H2,1-2H3. The second kappa shape index (κ2) is 5.38. The molecule has 1 fully saturated rings. The number of amides is 1. The van der Waals surface area contributed by atoms with Crippen molar-refractivity contribution >= 4 is 17.4 Å². The van der Waals surface area contributed by atoms with E-state index in [-0.39, 0.29) is 23.9 Å². The van der Waals surface area contributed by atoms with Gasteiger partial charge in [0.05, 0.1) is 12.2 Å². The SMILES string of the molecule is CC(=O)c1cccc(F)c1N1CCCN(C)C(=O)C1. The van der Waals surface area contributed by atoms with E-state index in [1.54, 1.807) is 22.9 Å². The van der Waals surface area contributed by atoms with Crippen LogP contribution in [0.5, 0.6) is 0 Å². The lowest BCUT2D eigenvalue weighted by atomic mass is 10.1. The number of rotatable bonds is 2. The fourth-order valence-corrected chi connectivity index (χ4v) is 2.30. The zero-order chi connectivity index (χ0) is 14.0. The lowest BCUT2D eigenvalue weighted by molar-refractivity contribution is -0.127. The van der Waals surface area contributed by atoms with Crippen LogP contribution in [0.3, 0.4) is 0 Å². The minimum absolute atomic E-state index is 0.0599. The topological polar surface area (TPSA) is 40.6 Å². The number of carbonyl (C=O) groups is 2. The number of likely N-dealkylation sites (N-methyl/N-ethyl adjacent to an activating group) is 1. The Morgan fingerprint density at radius 1 is 1.32 bits per heavy atom. The summed E-state index contributed by atoms with van der Waals surface area (Å²) in [6.45, 7) is 2.73. The summed E-state index contributed by atoms with van der Waals surface area (Å²) in [5, 5.41) is 0. The predicted molar refractivity (Wildman–Crippen MR) is 70.9 cm³/mol. The Morgan fingerprint density at radius 2 is 2.05 bits per heavy atom. The highest BCUT2D eigenvalue weighted by Gasteiger charge is 2.24. The molecule has 0 unspecified atom stereocenters. The molecule has 1 saturated heterocycles. The molecule has 1 amide bonds. The molecule has 19 heavy (non-hydrogen) atoms. The third-order valence-corrected chi connectivity index (χ3v) is 3.36. The van der Waals surface area contributed by atoms with Crippen molar-refractivity contribution in [1.82, 2.24) is 4.90 Å². The van der Waals surface area contributed by atoms with Gasteiger partial charge in [-0.05, 0) is 25.5 Å². The molecule has 1 aliphatic heterocycles. The Labute approximate surface area is 111 Å². The van der Waals surface area contributed by atoms with Crippen LogP contribution in [0.25, 0.3) is 0 Å². The second-order valence-corrected chi connectivity index (χ2v) is 4.78. The summed E-state index contributed by atoms with van der Waals surface area (Å²) in [6.07, 6.45) is 0.758. The summed E-state index contributed by atoms with van der Waals surface area (Å²) in [7, 11) is 1.74. The maximum atomic E-state index is 14.0. The van der Waals surface area contributed by atoms with Gasteiger partial charge in [0.2, 0.25) is 5.91 Å². The van der Waals surface area contributed by atoms with Crippen molar-refractivity contribution in [2.75, 3.05) is 31.6 Å². The van der Waals surface area contributed by atoms with Crippen LogP contribution in [0.15, 0.2) is 18.2 Å². The van der Waals surface area contributed by atoms with E-state index in [2.05, 4.69) is 0 Å². The first-order chi connectivity index (χ1) is 9.00. The molecule has 0 atom stereocenters. The molecule has 4 nitrogen and oxygen atoms in total. The zero-order valence-corrected chi connectivity index (χ0v) is 11.1. The highest BCUT2D eigenvalue weighted by Crippen LogP contribution is 2.26. The number of nitrogens with zero attached hydrogens (tertiary/aromatic N) is 2. The summed E-state index contributed by atoms with van der Waals surface area (Å²) >= 11 is 0. The molecule has 1 aromatic rings. The molecule has 0 N–H and O–H groups in total. The van der Waals surface area contributed by atoms with Gasteiger partial charge in [-0.3, -0.25) is 9.59 Å². The van der Waals surface area contributed by atoms with Crippen LogP contribution < -0.4 is 4.90 Å². The molecular formula is C14H17FN2O2. The van der Waals surface area contributed by atoms with Gasteiger partial charge in [0.15, 0.2) is 5.78 Å². The van der Waals surface area contributed by atoms with Crippen molar-refractivity contribution in [3.63, 3.8) is 0 Å². The molecule has 0 aromatic heterocycles. The third kappa shape index (κ3) is 2.75. The van der Waals surface area contributed by atoms with E-state index in [4.69, 9.17) is 0 Å². The average Bonchev–Trinajstić information content (AvgIpc) is 2.51. The van der Waals surface area contributed by atoms with Gasteiger partial charge in [-0.25, -0.2) is 4.39 Å². The molecule has 0 saturated carbocycles. The van der Waals surface area contributed by atoms with E-state index in [1.807, 2.05) is 0 Å². The van der Waals surface area contributed by atoms with Crippen LogP contribution in [0.2, 0.25) is 0 Å². The molecule has 1 aliphatic rings. The molecule has 0 radical (unpaired) electrons. The van der Waals surface area contributed by atoms with Crippen molar-refractivity contribution in [3.8, 4) is 0 Å². The molecular weight excluding hydrogens is 247 g/mol. The summed E-state index contributed by atoms with van der Waals surface area (Å²) in [6, 6.07) is 4.43. The van der Waals surface area contributed by atoms with E-state index < -0.39 is 5.82 Å². The first kappa shape index (κ1) is 13.5. The Hall–Kier alpha value is -1.91. The fourth-order valence-electron chi connectivity index (χ4n) is 2.30. The van der Waals surface area contributed by atoms with E-state index in [0.29, 0.717) is 18.7 Å². The van der Waals surface area contributed by atoms with E-state index >= 15 is 0 Å². The van der Waals surface area contributed by atoms with Gasteiger partial charge in [0.1, 0.15) is 5.82 Å². The summed E-state index contributed by atoms with van der Waals surface area (Å²) in [5.74, 6) is -0.708. The van der Waals surface area contributed by atoms with Gasteiger partial charge >= 0.3 is 0 Å². The van der Waals surface area contributed by atoms with Crippen molar-refractivity contribution < 1.29 is 14.0 Å². The van der Waals surface area contributed by atoms with Crippen LogP contribution in [0.4, 0.5) is 10.1 Å². The van der Waals surface area contributed by atoms with Crippen LogP contribution in [0, 0.1) is 5.82 Å². The predicted octanol–water partition coefficient (Wildman–Crippen LogP) is 1.70.